The molecule has 0 amide bonds. The zero-order valence-corrected chi connectivity index (χ0v) is 9.07. The van der Waals surface area contributed by atoms with Gasteiger partial charge in [0.1, 0.15) is 0 Å². The number of hydrogen-bond donors (Lipinski definition) is 1. The lowest BCUT2D eigenvalue weighted by Crippen LogP contribution is -2.26. The van der Waals surface area contributed by atoms with Crippen LogP contribution in [-0.2, 0) is 6.54 Å². The molecule has 0 spiro atoms. The summed E-state index contributed by atoms with van der Waals surface area (Å²) in [6, 6.07) is 6.79. The highest BCUT2D eigenvalue weighted by Gasteiger charge is 2.18. The Labute approximate surface area is 94.0 Å². The van der Waals surface area contributed by atoms with Crippen LogP contribution in [0.25, 0.3) is 0 Å². The number of halogens is 2. The molecule has 2 rings (SSSR count). The first-order valence-electron chi connectivity index (χ1n) is 5.50. The van der Waals surface area contributed by atoms with Crippen molar-refractivity contribution in [1.29, 1.82) is 0 Å². The molecule has 0 bridgehead atoms. The van der Waals surface area contributed by atoms with Crippen molar-refractivity contribution in [3.05, 3.63) is 35.4 Å². The minimum Gasteiger partial charge on any atom is -0.326 e. The van der Waals surface area contributed by atoms with Gasteiger partial charge >= 0.3 is 0 Å². The zero-order valence-electron chi connectivity index (χ0n) is 9.07. The average Bonchev–Trinajstić information content (AvgIpc) is 2.65. The van der Waals surface area contributed by atoms with E-state index >= 15 is 0 Å². The molecule has 2 nitrogen and oxygen atoms in total. The summed E-state index contributed by atoms with van der Waals surface area (Å²) < 4.78 is 24.7. The van der Waals surface area contributed by atoms with Crippen molar-refractivity contribution in [1.82, 2.24) is 4.90 Å². The molecule has 0 radical (unpaired) electrons. The molecule has 1 aliphatic heterocycles. The molecule has 0 aromatic heterocycles. The van der Waals surface area contributed by atoms with Crippen molar-refractivity contribution in [2.45, 2.75) is 25.4 Å². The molecule has 1 fully saturated rings. The fraction of sp³-hybridized carbons (Fsp3) is 0.500. The maximum absolute atomic E-state index is 12.3. The molecular formula is C12H16F2N2. The molecule has 0 saturated carbocycles. The van der Waals surface area contributed by atoms with Gasteiger partial charge in [-0.25, -0.2) is 8.78 Å². The van der Waals surface area contributed by atoms with Crippen molar-refractivity contribution in [3.63, 3.8) is 0 Å². The molecule has 1 aromatic carbocycles. The van der Waals surface area contributed by atoms with E-state index in [1.807, 2.05) is 0 Å². The van der Waals surface area contributed by atoms with Gasteiger partial charge in [0.25, 0.3) is 6.43 Å². The Balaban J connectivity index is 1.95. The number of nitrogens with two attached hydrogens (primary N) is 1. The molecule has 1 aromatic rings. The number of alkyl halides is 2. The second-order valence-corrected chi connectivity index (χ2v) is 4.33. The second kappa shape index (κ2) is 4.89. The first-order chi connectivity index (χ1) is 7.65. The fourth-order valence-corrected chi connectivity index (χ4v) is 2.03. The van der Waals surface area contributed by atoms with Crippen molar-refractivity contribution < 1.29 is 8.78 Å². The van der Waals surface area contributed by atoms with Crippen LogP contribution in [0, 0.1) is 0 Å². The van der Waals surface area contributed by atoms with Crippen LogP contribution in [0.3, 0.4) is 0 Å². The summed E-state index contributed by atoms with van der Waals surface area (Å²) in [7, 11) is 0. The van der Waals surface area contributed by atoms with Crippen molar-refractivity contribution in [3.8, 4) is 0 Å². The van der Waals surface area contributed by atoms with Gasteiger partial charge in [0.15, 0.2) is 0 Å². The van der Waals surface area contributed by atoms with E-state index in [4.69, 9.17) is 5.73 Å². The second-order valence-electron chi connectivity index (χ2n) is 4.33. The van der Waals surface area contributed by atoms with Gasteiger partial charge in [0, 0.05) is 31.2 Å². The van der Waals surface area contributed by atoms with E-state index in [1.54, 1.807) is 12.1 Å². The molecule has 16 heavy (non-hydrogen) atoms. The Bertz CT molecular complexity index is 337. The lowest BCUT2D eigenvalue weighted by Gasteiger charge is -2.15. The molecule has 1 aliphatic rings. The van der Waals surface area contributed by atoms with E-state index in [0.29, 0.717) is 0 Å². The highest BCUT2D eigenvalue weighted by molar-refractivity contribution is 5.23. The maximum atomic E-state index is 12.3. The first kappa shape index (κ1) is 11.5. The van der Waals surface area contributed by atoms with Gasteiger partial charge in [-0.2, -0.15) is 0 Å². The smallest absolute Gasteiger partial charge is 0.263 e. The number of hydrogen-bond acceptors (Lipinski definition) is 2. The molecular weight excluding hydrogens is 210 g/mol. The highest BCUT2D eigenvalue weighted by atomic mass is 19.3. The molecule has 4 heteroatoms. The number of rotatable bonds is 3. The van der Waals surface area contributed by atoms with Crippen molar-refractivity contribution in [2.24, 2.45) is 5.73 Å². The quantitative estimate of drug-likeness (QED) is 0.855. The van der Waals surface area contributed by atoms with E-state index in [1.165, 1.54) is 12.1 Å². The summed E-state index contributed by atoms with van der Waals surface area (Å²) in [5.74, 6) is 0. The molecule has 1 saturated heterocycles. The fourth-order valence-electron chi connectivity index (χ4n) is 2.03. The van der Waals surface area contributed by atoms with Gasteiger partial charge in [-0.05, 0) is 12.0 Å². The first-order valence-corrected chi connectivity index (χ1v) is 5.50. The standard InChI is InChI=1S/C12H16F2N2/c13-12(14)10-3-1-9(2-4-10)7-16-6-5-11(15)8-16/h1-4,11-12H,5-8,15H2. The predicted molar refractivity (Wildman–Crippen MR) is 59.3 cm³/mol. The van der Waals surface area contributed by atoms with Crippen LogP contribution in [0.4, 0.5) is 8.78 Å². The van der Waals surface area contributed by atoms with Crippen LogP contribution in [0.15, 0.2) is 24.3 Å². The van der Waals surface area contributed by atoms with Crippen LogP contribution in [-0.4, -0.2) is 24.0 Å². The van der Waals surface area contributed by atoms with Gasteiger partial charge in [-0.15, -0.1) is 0 Å². The minimum absolute atomic E-state index is 0.0851. The lowest BCUT2D eigenvalue weighted by atomic mass is 10.1. The van der Waals surface area contributed by atoms with Gasteiger partial charge in [0.05, 0.1) is 0 Å². The Morgan fingerprint density at radius 2 is 2.00 bits per heavy atom. The van der Waals surface area contributed by atoms with Crippen LogP contribution in [0.2, 0.25) is 0 Å². The number of nitrogens with zero attached hydrogens (tertiary/aromatic N) is 1. The average molecular weight is 226 g/mol. The Morgan fingerprint density at radius 1 is 1.31 bits per heavy atom. The number of likely N-dealkylation sites (tertiary alicyclic amines) is 1. The Kier molecular flexibility index (Phi) is 3.51. The summed E-state index contributed by atoms with van der Waals surface area (Å²) in [5.41, 5.74) is 6.95. The molecule has 0 aliphatic carbocycles. The van der Waals surface area contributed by atoms with Crippen LogP contribution in [0.5, 0.6) is 0 Å². The van der Waals surface area contributed by atoms with Gasteiger partial charge in [0.2, 0.25) is 0 Å². The molecule has 1 heterocycles. The largest absolute Gasteiger partial charge is 0.326 e. The maximum Gasteiger partial charge on any atom is 0.263 e. The van der Waals surface area contributed by atoms with Crippen molar-refractivity contribution in [2.75, 3.05) is 13.1 Å². The van der Waals surface area contributed by atoms with Crippen molar-refractivity contribution >= 4 is 0 Å². The summed E-state index contributed by atoms with van der Waals surface area (Å²) in [6.45, 7) is 2.70. The normalized spacial score (nSPS) is 21.9. The predicted octanol–water partition coefficient (Wildman–Crippen LogP) is 2.16. The summed E-state index contributed by atoms with van der Waals surface area (Å²) >= 11 is 0. The summed E-state index contributed by atoms with van der Waals surface area (Å²) in [6.07, 6.45) is -1.36. The molecule has 1 unspecified atom stereocenters. The van der Waals surface area contributed by atoms with Gasteiger partial charge in [-0.1, -0.05) is 24.3 Å². The third-order valence-corrected chi connectivity index (χ3v) is 2.95. The van der Waals surface area contributed by atoms with Gasteiger partial charge < -0.3 is 5.73 Å². The molecule has 88 valence electrons. The van der Waals surface area contributed by atoms with E-state index in [-0.39, 0.29) is 11.6 Å². The van der Waals surface area contributed by atoms with E-state index in [0.717, 1.165) is 31.6 Å². The third-order valence-electron chi connectivity index (χ3n) is 2.95. The monoisotopic (exact) mass is 226 g/mol. The number of benzene rings is 1. The van der Waals surface area contributed by atoms with Crippen LogP contribution < -0.4 is 5.73 Å². The Hall–Kier alpha value is -1.00. The van der Waals surface area contributed by atoms with Crippen LogP contribution >= 0.6 is 0 Å². The third kappa shape index (κ3) is 2.77. The topological polar surface area (TPSA) is 29.3 Å². The summed E-state index contributed by atoms with van der Waals surface area (Å²) in [5, 5.41) is 0. The van der Waals surface area contributed by atoms with E-state index in [2.05, 4.69) is 4.90 Å². The van der Waals surface area contributed by atoms with E-state index < -0.39 is 6.43 Å². The highest BCUT2D eigenvalue weighted by Crippen LogP contribution is 2.20. The zero-order chi connectivity index (χ0) is 11.5. The lowest BCUT2D eigenvalue weighted by molar-refractivity contribution is 0.151. The SMILES string of the molecule is NC1CCN(Cc2ccc(C(F)F)cc2)C1. The minimum atomic E-state index is -2.38. The van der Waals surface area contributed by atoms with Gasteiger partial charge in [-0.3, -0.25) is 4.90 Å². The Morgan fingerprint density at radius 3 is 2.50 bits per heavy atom. The van der Waals surface area contributed by atoms with E-state index in [9.17, 15) is 8.78 Å². The summed E-state index contributed by atoms with van der Waals surface area (Å²) in [4.78, 5) is 2.25. The molecule has 2 N–H and O–H groups in total. The molecule has 1 atom stereocenters. The van der Waals surface area contributed by atoms with Crippen LogP contribution in [0.1, 0.15) is 24.0 Å².